The molecule has 2 rings (SSSR count). The molecule has 0 aliphatic rings. The third-order valence-electron chi connectivity index (χ3n) is 2.77. The second-order valence-corrected chi connectivity index (χ2v) is 9.03. The van der Waals surface area contributed by atoms with Gasteiger partial charge in [-0.3, -0.25) is 0 Å². The number of rotatable bonds is 2. The molecule has 0 bridgehead atoms. The minimum absolute atomic E-state index is 0.188. The van der Waals surface area contributed by atoms with Gasteiger partial charge in [0.1, 0.15) is 5.69 Å². The van der Waals surface area contributed by atoms with E-state index < -0.39 is 15.3 Å². The van der Waals surface area contributed by atoms with E-state index in [9.17, 15) is 8.42 Å². The minimum atomic E-state index is -3.63. The number of hydrogen-bond acceptors (Lipinski definition) is 4. The minimum Gasteiger partial charge on any atom is -0.221 e. The van der Waals surface area contributed by atoms with Gasteiger partial charge in [-0.2, -0.15) is 0 Å². The van der Waals surface area contributed by atoms with Gasteiger partial charge in [-0.25, -0.2) is 18.1 Å². The van der Waals surface area contributed by atoms with Gasteiger partial charge in [0.2, 0.25) is 9.84 Å². The lowest BCUT2D eigenvalue weighted by Gasteiger charge is -2.12. The smallest absolute Gasteiger partial charge is 0.221 e. The molecular weight excluding hydrogens is 369 g/mol. The lowest BCUT2D eigenvalue weighted by Crippen LogP contribution is -2.14. The SMILES string of the molecule is CC(C)(C)c1nc(S(C)(=O)=O)n(-c2c(Cl)cc(Cl)cc2Cl)n1. The first-order valence-electron chi connectivity index (χ1n) is 6.24. The second kappa shape index (κ2) is 5.67. The van der Waals surface area contributed by atoms with Crippen LogP contribution in [0.4, 0.5) is 0 Å². The molecule has 0 saturated heterocycles. The van der Waals surface area contributed by atoms with E-state index in [4.69, 9.17) is 34.8 Å². The number of nitrogens with zero attached hydrogens (tertiary/aromatic N) is 3. The molecule has 0 atom stereocenters. The first-order chi connectivity index (χ1) is 9.91. The van der Waals surface area contributed by atoms with Gasteiger partial charge in [-0.15, -0.1) is 5.10 Å². The van der Waals surface area contributed by atoms with Crippen molar-refractivity contribution in [3.8, 4) is 5.69 Å². The first kappa shape index (κ1) is 17.5. The summed E-state index contributed by atoms with van der Waals surface area (Å²) in [5, 5.41) is 4.78. The van der Waals surface area contributed by atoms with Crippen LogP contribution in [0.1, 0.15) is 26.6 Å². The summed E-state index contributed by atoms with van der Waals surface area (Å²) < 4.78 is 25.2. The highest BCUT2D eigenvalue weighted by atomic mass is 35.5. The van der Waals surface area contributed by atoms with Gasteiger partial charge in [0.15, 0.2) is 5.82 Å². The standard InChI is InChI=1S/C13H14Cl3N3O2S/c1-13(2,3)11-17-12(22(4,20)21)19(18-11)10-8(15)5-7(14)6-9(10)16/h5-6H,1-4H3. The van der Waals surface area contributed by atoms with Gasteiger partial charge in [0.25, 0.3) is 5.16 Å². The zero-order valence-electron chi connectivity index (χ0n) is 12.4. The molecule has 0 aliphatic carbocycles. The fourth-order valence-electron chi connectivity index (χ4n) is 1.74. The molecule has 1 heterocycles. The van der Waals surface area contributed by atoms with E-state index in [1.807, 2.05) is 20.8 Å². The van der Waals surface area contributed by atoms with Crippen molar-refractivity contribution in [2.75, 3.05) is 6.26 Å². The maximum absolute atomic E-state index is 12.0. The monoisotopic (exact) mass is 381 g/mol. The fraction of sp³-hybridized carbons (Fsp3) is 0.385. The maximum atomic E-state index is 12.0. The summed E-state index contributed by atoms with van der Waals surface area (Å²) in [4.78, 5) is 4.15. The Hall–Kier alpha value is -0.820. The number of sulfone groups is 1. The largest absolute Gasteiger partial charge is 0.250 e. The molecular formula is C13H14Cl3N3O2S. The molecule has 9 heteroatoms. The van der Waals surface area contributed by atoms with Crippen LogP contribution in [0.15, 0.2) is 17.3 Å². The number of halogens is 3. The molecule has 5 nitrogen and oxygen atoms in total. The van der Waals surface area contributed by atoms with Crippen molar-refractivity contribution in [1.82, 2.24) is 14.8 Å². The predicted octanol–water partition coefficient (Wildman–Crippen LogP) is 3.93. The van der Waals surface area contributed by atoms with Crippen molar-refractivity contribution < 1.29 is 8.42 Å². The molecule has 1 aromatic heterocycles. The van der Waals surface area contributed by atoms with Crippen molar-refractivity contribution in [2.24, 2.45) is 0 Å². The third-order valence-corrected chi connectivity index (χ3v) is 4.50. The van der Waals surface area contributed by atoms with Gasteiger partial charge >= 0.3 is 0 Å². The molecule has 0 fully saturated rings. The Labute approximate surface area is 144 Å². The van der Waals surface area contributed by atoms with Crippen molar-refractivity contribution in [2.45, 2.75) is 31.3 Å². The summed E-state index contributed by atoms with van der Waals surface area (Å²) in [6.07, 6.45) is 1.05. The summed E-state index contributed by atoms with van der Waals surface area (Å²) in [6, 6.07) is 2.93. The van der Waals surface area contributed by atoms with E-state index in [0.29, 0.717) is 10.8 Å². The maximum Gasteiger partial charge on any atom is 0.250 e. The molecule has 0 spiro atoms. The van der Waals surface area contributed by atoms with Crippen LogP contribution in [-0.4, -0.2) is 29.4 Å². The van der Waals surface area contributed by atoms with Crippen molar-refractivity contribution in [3.05, 3.63) is 33.0 Å². The van der Waals surface area contributed by atoms with E-state index in [1.165, 1.54) is 12.1 Å². The van der Waals surface area contributed by atoms with E-state index >= 15 is 0 Å². The lowest BCUT2D eigenvalue weighted by molar-refractivity contribution is 0.543. The Morgan fingerprint density at radius 3 is 2.00 bits per heavy atom. The van der Waals surface area contributed by atoms with Crippen molar-refractivity contribution in [3.63, 3.8) is 0 Å². The van der Waals surface area contributed by atoms with Gasteiger partial charge in [0.05, 0.1) is 10.0 Å². The van der Waals surface area contributed by atoms with Crippen LogP contribution < -0.4 is 0 Å². The molecule has 120 valence electrons. The average Bonchev–Trinajstić information content (AvgIpc) is 2.71. The molecule has 22 heavy (non-hydrogen) atoms. The Morgan fingerprint density at radius 1 is 1.09 bits per heavy atom. The van der Waals surface area contributed by atoms with Gasteiger partial charge in [-0.05, 0) is 12.1 Å². The number of benzene rings is 1. The molecule has 0 radical (unpaired) electrons. The van der Waals surface area contributed by atoms with Gasteiger partial charge in [0, 0.05) is 16.7 Å². The van der Waals surface area contributed by atoms with E-state index in [1.54, 1.807) is 0 Å². The van der Waals surface area contributed by atoms with Crippen LogP contribution >= 0.6 is 34.8 Å². The average molecular weight is 383 g/mol. The molecule has 0 aliphatic heterocycles. The van der Waals surface area contributed by atoms with Crippen LogP contribution in [0.25, 0.3) is 5.69 Å². The quantitative estimate of drug-likeness (QED) is 0.789. The highest BCUT2D eigenvalue weighted by Crippen LogP contribution is 2.34. The van der Waals surface area contributed by atoms with Crippen LogP contribution in [0.2, 0.25) is 15.1 Å². The zero-order chi connectivity index (χ0) is 16.9. The van der Waals surface area contributed by atoms with Crippen LogP contribution in [0, 0.1) is 0 Å². The molecule has 2 aromatic rings. The third kappa shape index (κ3) is 3.40. The van der Waals surface area contributed by atoms with Crippen LogP contribution in [0.5, 0.6) is 0 Å². The Balaban J connectivity index is 2.84. The fourth-order valence-corrected chi connectivity index (χ4v) is 3.41. The Morgan fingerprint density at radius 2 is 1.59 bits per heavy atom. The predicted molar refractivity (Wildman–Crippen MR) is 88.2 cm³/mol. The van der Waals surface area contributed by atoms with E-state index in [2.05, 4.69) is 10.1 Å². The zero-order valence-corrected chi connectivity index (χ0v) is 15.4. The van der Waals surface area contributed by atoms with Crippen molar-refractivity contribution in [1.29, 1.82) is 0 Å². The second-order valence-electron chi connectivity index (χ2n) is 5.87. The Bertz CT molecular complexity index is 816. The van der Waals surface area contributed by atoms with Crippen molar-refractivity contribution >= 4 is 44.6 Å². The molecule has 0 amide bonds. The normalized spacial score (nSPS) is 12.7. The van der Waals surface area contributed by atoms with Crippen LogP contribution in [0.3, 0.4) is 0 Å². The topological polar surface area (TPSA) is 64.8 Å². The molecule has 0 N–H and O–H groups in total. The summed E-state index contributed by atoms with van der Waals surface area (Å²) in [6.45, 7) is 5.64. The van der Waals surface area contributed by atoms with Crippen LogP contribution in [-0.2, 0) is 15.3 Å². The molecule has 0 unspecified atom stereocenters. The Kier molecular flexibility index (Phi) is 4.52. The molecule has 0 saturated carbocycles. The summed E-state index contributed by atoms with van der Waals surface area (Å²) in [5.74, 6) is 0.370. The highest BCUT2D eigenvalue weighted by molar-refractivity contribution is 7.90. The number of aromatic nitrogens is 3. The van der Waals surface area contributed by atoms with Gasteiger partial charge < -0.3 is 0 Å². The van der Waals surface area contributed by atoms with Gasteiger partial charge in [-0.1, -0.05) is 55.6 Å². The lowest BCUT2D eigenvalue weighted by atomic mass is 9.96. The summed E-state index contributed by atoms with van der Waals surface area (Å²) >= 11 is 18.2. The summed E-state index contributed by atoms with van der Waals surface area (Å²) in [7, 11) is -3.63. The number of hydrogen-bond donors (Lipinski definition) is 0. The van der Waals surface area contributed by atoms with E-state index in [-0.39, 0.29) is 20.9 Å². The first-order valence-corrected chi connectivity index (χ1v) is 9.26. The summed E-state index contributed by atoms with van der Waals surface area (Å²) in [5.41, 5.74) is -0.202. The molecule has 1 aromatic carbocycles. The highest BCUT2D eigenvalue weighted by Gasteiger charge is 2.28. The van der Waals surface area contributed by atoms with E-state index in [0.717, 1.165) is 10.9 Å².